The predicted molar refractivity (Wildman–Crippen MR) is 76.4 cm³/mol. The van der Waals surface area contributed by atoms with Crippen molar-refractivity contribution in [2.24, 2.45) is 16.1 Å². The monoisotopic (exact) mass is 291 g/mol. The maximum atomic E-state index is 12.0. The Balaban J connectivity index is 1.70. The second-order valence-corrected chi connectivity index (χ2v) is 5.85. The number of carboxylic acid groups (broad SMARTS) is 1. The van der Waals surface area contributed by atoms with E-state index >= 15 is 0 Å². The van der Waals surface area contributed by atoms with E-state index in [4.69, 9.17) is 11.5 Å². The first-order valence-electron chi connectivity index (χ1n) is 7.44. The number of hydrogen-bond acceptors (Lipinski definition) is 4. The van der Waals surface area contributed by atoms with Gasteiger partial charge in [-0.1, -0.05) is 6.42 Å². The van der Waals surface area contributed by atoms with E-state index in [1.807, 2.05) is 0 Å². The summed E-state index contributed by atoms with van der Waals surface area (Å²) in [6.45, 7) is 0. The molecule has 6 heteroatoms. The molecule has 1 saturated carbocycles. The quantitative estimate of drug-likeness (QED) is 0.704. The second-order valence-electron chi connectivity index (χ2n) is 5.85. The topological polar surface area (TPSA) is 91.1 Å². The van der Waals surface area contributed by atoms with Crippen molar-refractivity contribution in [1.29, 1.82) is 0 Å². The molecule has 0 aromatic carbocycles. The van der Waals surface area contributed by atoms with Crippen molar-refractivity contribution in [3.63, 3.8) is 0 Å². The Bertz CT molecular complexity index is 475. The minimum atomic E-state index is -0.766. The average Bonchev–Trinajstić information content (AvgIpc) is 3.24. The third-order valence-electron chi connectivity index (χ3n) is 4.19. The minimum absolute atomic E-state index is 0.0258. The zero-order valence-corrected chi connectivity index (χ0v) is 12.0. The van der Waals surface area contributed by atoms with Gasteiger partial charge in [0.05, 0.1) is 5.92 Å². The maximum Gasteiger partial charge on any atom is 0.306 e. The van der Waals surface area contributed by atoms with Crippen molar-refractivity contribution in [2.45, 2.75) is 63.1 Å². The number of carbonyl (C=O) groups excluding carboxylic acids is 1. The van der Waals surface area contributed by atoms with E-state index in [1.165, 1.54) is 0 Å². The molecule has 0 unspecified atom stereocenters. The van der Waals surface area contributed by atoms with Gasteiger partial charge in [0.15, 0.2) is 5.66 Å². The lowest BCUT2D eigenvalue weighted by molar-refractivity contribution is -0.143. The van der Waals surface area contributed by atoms with Crippen LogP contribution in [0.4, 0.5) is 0 Å². The van der Waals surface area contributed by atoms with Crippen molar-refractivity contribution in [3.05, 3.63) is 0 Å². The van der Waals surface area contributed by atoms with E-state index in [1.54, 1.807) is 0 Å². The van der Waals surface area contributed by atoms with Crippen molar-refractivity contribution in [1.82, 2.24) is 5.32 Å². The van der Waals surface area contributed by atoms with Gasteiger partial charge >= 0.3 is 5.97 Å². The van der Waals surface area contributed by atoms with Crippen molar-refractivity contribution in [2.75, 3.05) is 0 Å². The molecule has 0 aromatic rings. The normalized spacial score (nSPS) is 25.9. The largest absolute Gasteiger partial charge is 0.481 e. The first-order chi connectivity index (χ1) is 10.0. The van der Waals surface area contributed by atoms with Crippen LogP contribution in [0.3, 0.4) is 0 Å². The van der Waals surface area contributed by atoms with E-state index in [-0.39, 0.29) is 17.9 Å². The molecule has 1 aliphatic carbocycles. The van der Waals surface area contributed by atoms with Crippen LogP contribution in [0.5, 0.6) is 0 Å². The number of terminal acetylenes is 1. The van der Waals surface area contributed by atoms with Crippen LogP contribution < -0.4 is 5.32 Å². The van der Waals surface area contributed by atoms with Crippen LogP contribution in [0.2, 0.25) is 0 Å². The molecule has 1 fully saturated rings. The fourth-order valence-electron chi connectivity index (χ4n) is 2.83. The molecule has 2 rings (SSSR count). The lowest BCUT2D eigenvalue weighted by Gasteiger charge is -2.27. The number of carbonyl (C=O) groups is 2. The average molecular weight is 291 g/mol. The summed E-state index contributed by atoms with van der Waals surface area (Å²) >= 11 is 0. The molecule has 0 radical (unpaired) electrons. The van der Waals surface area contributed by atoms with Gasteiger partial charge in [0, 0.05) is 31.7 Å². The molecule has 0 saturated heterocycles. The Labute approximate surface area is 124 Å². The predicted octanol–water partition coefficient (Wildman–Crippen LogP) is 2.10. The third-order valence-corrected chi connectivity index (χ3v) is 4.19. The van der Waals surface area contributed by atoms with E-state index in [9.17, 15) is 9.59 Å². The van der Waals surface area contributed by atoms with Crippen molar-refractivity contribution in [3.8, 4) is 12.3 Å². The molecule has 0 aromatic heterocycles. The Hall–Kier alpha value is -1.90. The van der Waals surface area contributed by atoms with Crippen LogP contribution in [0.1, 0.15) is 51.4 Å². The van der Waals surface area contributed by atoms with Gasteiger partial charge in [-0.15, -0.1) is 12.3 Å². The molecule has 1 heterocycles. The fourth-order valence-corrected chi connectivity index (χ4v) is 2.83. The molecule has 1 aliphatic heterocycles. The van der Waals surface area contributed by atoms with E-state index in [0.29, 0.717) is 38.5 Å². The fraction of sp³-hybridized carbons (Fsp3) is 0.733. The van der Waals surface area contributed by atoms with Gasteiger partial charge in [0.1, 0.15) is 0 Å². The number of carboxylic acids is 1. The molecule has 6 nitrogen and oxygen atoms in total. The first kappa shape index (κ1) is 15.5. The molecule has 1 amide bonds. The smallest absolute Gasteiger partial charge is 0.306 e. The molecular weight excluding hydrogens is 270 g/mol. The van der Waals surface area contributed by atoms with E-state index in [0.717, 1.165) is 12.8 Å². The number of amides is 1. The lowest BCUT2D eigenvalue weighted by atomic mass is 9.85. The Morgan fingerprint density at radius 2 is 2.10 bits per heavy atom. The molecule has 2 N–H and O–H groups in total. The zero-order valence-electron chi connectivity index (χ0n) is 12.0. The summed E-state index contributed by atoms with van der Waals surface area (Å²) in [6.07, 6.45) is 10.4. The summed E-state index contributed by atoms with van der Waals surface area (Å²) in [4.78, 5) is 23.0. The van der Waals surface area contributed by atoms with Gasteiger partial charge in [-0.05, 0) is 19.3 Å². The van der Waals surface area contributed by atoms with Crippen LogP contribution >= 0.6 is 0 Å². The highest BCUT2D eigenvalue weighted by Gasteiger charge is 2.39. The maximum absolute atomic E-state index is 12.0. The van der Waals surface area contributed by atoms with Crippen LogP contribution in [0, 0.1) is 18.3 Å². The van der Waals surface area contributed by atoms with Crippen LogP contribution in [-0.2, 0) is 9.59 Å². The summed E-state index contributed by atoms with van der Waals surface area (Å²) in [5.74, 6) is 1.40. The van der Waals surface area contributed by atoms with E-state index < -0.39 is 11.6 Å². The van der Waals surface area contributed by atoms with Gasteiger partial charge < -0.3 is 10.4 Å². The molecular formula is C15H21N3O3. The number of hydrogen-bond donors (Lipinski definition) is 2. The highest BCUT2D eigenvalue weighted by Crippen LogP contribution is 2.37. The second kappa shape index (κ2) is 6.70. The van der Waals surface area contributed by atoms with Gasteiger partial charge in [-0.25, -0.2) is 0 Å². The zero-order chi connectivity index (χ0) is 15.3. The third kappa shape index (κ3) is 4.55. The molecule has 114 valence electrons. The summed E-state index contributed by atoms with van der Waals surface area (Å²) in [5, 5.41) is 20.0. The summed E-state index contributed by atoms with van der Waals surface area (Å²) in [5.41, 5.74) is -0.431. The SMILES string of the molecule is C#CCCC1(CCC(=O)N[C@@H]2CCC[C@@H](C(=O)O)C2)N=N1. The number of nitrogens with zero attached hydrogens (tertiary/aromatic N) is 2. The summed E-state index contributed by atoms with van der Waals surface area (Å²) in [6, 6.07) is -0.0258. The number of rotatable bonds is 7. The van der Waals surface area contributed by atoms with Crippen LogP contribution in [0.15, 0.2) is 10.2 Å². The summed E-state index contributed by atoms with van der Waals surface area (Å²) in [7, 11) is 0. The number of aliphatic carboxylic acids is 1. The van der Waals surface area contributed by atoms with Crippen LogP contribution in [0.25, 0.3) is 0 Å². The molecule has 0 spiro atoms. The molecule has 0 bridgehead atoms. The standard InChI is InChI=1S/C15H21N3O3/c1-2-3-8-15(17-18-15)9-7-13(19)16-12-6-4-5-11(10-12)14(20)21/h1,11-12H,3-10H2,(H,16,19)(H,20,21)/t11-,12-/m1/s1. The molecule has 21 heavy (non-hydrogen) atoms. The van der Waals surface area contributed by atoms with Gasteiger partial charge in [-0.2, -0.15) is 10.2 Å². The van der Waals surface area contributed by atoms with Crippen molar-refractivity contribution < 1.29 is 14.7 Å². The molecule has 2 atom stereocenters. The first-order valence-corrected chi connectivity index (χ1v) is 7.44. The highest BCUT2D eigenvalue weighted by atomic mass is 16.4. The lowest BCUT2D eigenvalue weighted by Crippen LogP contribution is -2.40. The van der Waals surface area contributed by atoms with Gasteiger partial charge in [-0.3, -0.25) is 9.59 Å². The Morgan fingerprint density at radius 3 is 2.71 bits per heavy atom. The van der Waals surface area contributed by atoms with E-state index in [2.05, 4.69) is 21.5 Å². The van der Waals surface area contributed by atoms with Crippen LogP contribution in [-0.4, -0.2) is 28.7 Å². The highest BCUT2D eigenvalue weighted by molar-refractivity contribution is 5.76. The molecule has 2 aliphatic rings. The Kier molecular flexibility index (Phi) is 4.94. The number of nitrogens with one attached hydrogen (secondary N) is 1. The Morgan fingerprint density at radius 1 is 1.33 bits per heavy atom. The minimum Gasteiger partial charge on any atom is -0.481 e. The van der Waals surface area contributed by atoms with Gasteiger partial charge in [0.25, 0.3) is 0 Å². The summed E-state index contributed by atoms with van der Waals surface area (Å²) < 4.78 is 0. The van der Waals surface area contributed by atoms with Gasteiger partial charge in [0.2, 0.25) is 5.91 Å². The van der Waals surface area contributed by atoms with Crippen molar-refractivity contribution >= 4 is 11.9 Å².